The molecule has 0 saturated heterocycles. The summed E-state index contributed by atoms with van der Waals surface area (Å²) in [5, 5.41) is 0.882. The zero-order valence-corrected chi connectivity index (χ0v) is 14.3. The fraction of sp³-hybridized carbons (Fsp3) is 0.0625. The highest BCUT2D eigenvalue weighted by Crippen LogP contribution is 2.31. The summed E-state index contributed by atoms with van der Waals surface area (Å²) in [6.45, 7) is 0. The molecule has 0 aliphatic heterocycles. The first kappa shape index (κ1) is 14.4. The number of aromatic amines is 1. The van der Waals surface area contributed by atoms with Crippen LogP contribution in [0.25, 0.3) is 10.9 Å². The van der Waals surface area contributed by atoms with Crippen LogP contribution in [0.4, 0.5) is 0 Å². The van der Waals surface area contributed by atoms with E-state index in [9.17, 15) is 4.79 Å². The maximum atomic E-state index is 12.8. The second-order valence-corrected chi connectivity index (χ2v) is 6.31. The SMILES string of the molecule is COc1cc(Br)ccc1C(=O)c1c[nH]c2cccc(Br)c12. The molecule has 3 nitrogen and oxygen atoms in total. The fourth-order valence-electron chi connectivity index (χ4n) is 2.32. The molecular weight excluding hydrogens is 398 g/mol. The Bertz CT molecular complexity index is 839. The number of H-pyrrole nitrogens is 1. The van der Waals surface area contributed by atoms with Crippen molar-refractivity contribution < 1.29 is 9.53 Å². The molecule has 1 heterocycles. The molecule has 1 aromatic heterocycles. The summed E-state index contributed by atoms with van der Waals surface area (Å²) in [5.41, 5.74) is 2.08. The van der Waals surface area contributed by atoms with E-state index in [1.807, 2.05) is 24.3 Å². The predicted molar refractivity (Wildman–Crippen MR) is 90.1 cm³/mol. The van der Waals surface area contributed by atoms with E-state index in [0.717, 1.165) is 19.8 Å². The lowest BCUT2D eigenvalue weighted by Crippen LogP contribution is -2.03. The number of fused-ring (bicyclic) bond motifs is 1. The third-order valence-corrected chi connectivity index (χ3v) is 4.46. The van der Waals surface area contributed by atoms with E-state index in [-0.39, 0.29) is 5.78 Å². The monoisotopic (exact) mass is 407 g/mol. The van der Waals surface area contributed by atoms with Crippen LogP contribution in [0.3, 0.4) is 0 Å². The Labute approximate surface area is 138 Å². The normalized spacial score (nSPS) is 10.8. The van der Waals surface area contributed by atoms with Crippen LogP contribution in [0.5, 0.6) is 5.75 Å². The van der Waals surface area contributed by atoms with Crippen LogP contribution in [0.15, 0.2) is 51.5 Å². The lowest BCUT2D eigenvalue weighted by Gasteiger charge is -2.08. The van der Waals surface area contributed by atoms with E-state index in [2.05, 4.69) is 36.8 Å². The number of hydrogen-bond acceptors (Lipinski definition) is 2. The molecule has 0 aliphatic rings. The van der Waals surface area contributed by atoms with Gasteiger partial charge in [0.1, 0.15) is 5.75 Å². The van der Waals surface area contributed by atoms with Crippen LogP contribution < -0.4 is 4.74 Å². The second kappa shape index (κ2) is 5.66. The van der Waals surface area contributed by atoms with Crippen LogP contribution in [0.2, 0.25) is 0 Å². The van der Waals surface area contributed by atoms with E-state index in [4.69, 9.17) is 4.74 Å². The zero-order valence-electron chi connectivity index (χ0n) is 11.1. The molecule has 0 bridgehead atoms. The smallest absolute Gasteiger partial charge is 0.198 e. The van der Waals surface area contributed by atoms with Crippen LogP contribution in [-0.4, -0.2) is 17.9 Å². The first-order valence-corrected chi connectivity index (χ1v) is 7.84. The highest BCUT2D eigenvalue weighted by Gasteiger charge is 2.19. The molecule has 0 amide bonds. The van der Waals surface area contributed by atoms with E-state index in [0.29, 0.717) is 16.9 Å². The summed E-state index contributed by atoms with van der Waals surface area (Å²) in [7, 11) is 1.56. The van der Waals surface area contributed by atoms with Crippen LogP contribution in [-0.2, 0) is 0 Å². The number of carbonyl (C=O) groups excluding carboxylic acids is 1. The summed E-state index contributed by atoms with van der Waals surface area (Å²) in [5.74, 6) is 0.480. The minimum absolute atomic E-state index is 0.0718. The van der Waals surface area contributed by atoms with Gasteiger partial charge in [-0.05, 0) is 30.3 Å². The number of aromatic nitrogens is 1. The Morgan fingerprint density at radius 3 is 2.71 bits per heavy atom. The molecule has 0 radical (unpaired) electrons. The van der Waals surface area contributed by atoms with Crippen molar-refractivity contribution >= 4 is 48.5 Å². The van der Waals surface area contributed by atoms with Crippen molar-refractivity contribution in [3.8, 4) is 5.75 Å². The fourth-order valence-corrected chi connectivity index (χ4v) is 3.24. The average molecular weight is 409 g/mol. The second-order valence-electron chi connectivity index (χ2n) is 4.54. The number of ketones is 1. The number of carbonyl (C=O) groups is 1. The number of ether oxygens (including phenoxy) is 1. The Hall–Kier alpha value is -1.59. The average Bonchev–Trinajstić information content (AvgIpc) is 2.92. The number of halogens is 2. The number of hydrogen-bond donors (Lipinski definition) is 1. The van der Waals surface area contributed by atoms with Crippen molar-refractivity contribution in [1.29, 1.82) is 0 Å². The molecule has 3 aromatic rings. The van der Waals surface area contributed by atoms with Gasteiger partial charge in [-0.1, -0.05) is 37.9 Å². The quantitative estimate of drug-likeness (QED) is 0.624. The van der Waals surface area contributed by atoms with E-state index < -0.39 is 0 Å². The zero-order chi connectivity index (χ0) is 15.0. The molecule has 0 atom stereocenters. The van der Waals surface area contributed by atoms with Crippen molar-refractivity contribution in [2.45, 2.75) is 0 Å². The van der Waals surface area contributed by atoms with Gasteiger partial charge in [0.05, 0.1) is 12.7 Å². The highest BCUT2D eigenvalue weighted by molar-refractivity contribution is 9.11. The van der Waals surface area contributed by atoms with Gasteiger partial charge in [-0.2, -0.15) is 0 Å². The molecule has 0 aliphatic carbocycles. The Morgan fingerprint density at radius 1 is 1.14 bits per heavy atom. The van der Waals surface area contributed by atoms with Gasteiger partial charge in [-0.25, -0.2) is 0 Å². The largest absolute Gasteiger partial charge is 0.496 e. The topological polar surface area (TPSA) is 42.1 Å². The highest BCUT2D eigenvalue weighted by atomic mass is 79.9. The Morgan fingerprint density at radius 2 is 1.95 bits per heavy atom. The molecule has 1 N–H and O–H groups in total. The summed E-state index contributed by atoms with van der Waals surface area (Å²) in [6, 6.07) is 11.2. The van der Waals surface area contributed by atoms with Gasteiger partial charge in [0.25, 0.3) is 0 Å². The Balaban J connectivity index is 2.17. The number of methoxy groups -OCH3 is 1. The van der Waals surface area contributed by atoms with E-state index in [1.54, 1.807) is 25.4 Å². The summed E-state index contributed by atoms with van der Waals surface area (Å²) >= 11 is 6.89. The van der Waals surface area contributed by atoms with Gasteiger partial charge < -0.3 is 9.72 Å². The summed E-state index contributed by atoms with van der Waals surface area (Å²) < 4.78 is 7.08. The van der Waals surface area contributed by atoms with Crippen molar-refractivity contribution in [1.82, 2.24) is 4.98 Å². The third kappa shape index (κ3) is 2.51. The van der Waals surface area contributed by atoms with E-state index >= 15 is 0 Å². The molecule has 5 heteroatoms. The van der Waals surface area contributed by atoms with E-state index in [1.165, 1.54) is 0 Å². The van der Waals surface area contributed by atoms with Crippen LogP contribution in [0, 0.1) is 0 Å². The summed E-state index contributed by atoms with van der Waals surface area (Å²) in [6.07, 6.45) is 1.74. The predicted octanol–water partition coefficient (Wildman–Crippen LogP) is 4.93. The molecule has 0 fully saturated rings. The van der Waals surface area contributed by atoms with Crippen molar-refractivity contribution in [2.24, 2.45) is 0 Å². The number of rotatable bonds is 3. The third-order valence-electron chi connectivity index (χ3n) is 3.31. The standard InChI is InChI=1S/C16H11Br2NO2/c1-21-14-7-9(17)5-6-10(14)16(20)11-8-19-13-4-2-3-12(18)15(11)13/h2-8,19H,1H3. The molecule has 3 rings (SSSR count). The molecule has 0 saturated carbocycles. The summed E-state index contributed by atoms with van der Waals surface area (Å²) in [4.78, 5) is 16.0. The first-order chi connectivity index (χ1) is 10.1. The van der Waals surface area contributed by atoms with Gasteiger partial charge in [-0.15, -0.1) is 0 Å². The molecule has 21 heavy (non-hydrogen) atoms. The van der Waals surface area contributed by atoms with Crippen LogP contribution >= 0.6 is 31.9 Å². The number of nitrogens with one attached hydrogen (secondary N) is 1. The Kier molecular flexibility index (Phi) is 3.87. The van der Waals surface area contributed by atoms with Gasteiger partial charge in [0.2, 0.25) is 0 Å². The van der Waals surface area contributed by atoms with Gasteiger partial charge in [0.15, 0.2) is 5.78 Å². The molecule has 106 valence electrons. The van der Waals surface area contributed by atoms with Crippen molar-refractivity contribution in [2.75, 3.05) is 7.11 Å². The van der Waals surface area contributed by atoms with Gasteiger partial charge >= 0.3 is 0 Å². The van der Waals surface area contributed by atoms with Gasteiger partial charge in [0, 0.05) is 31.6 Å². The lowest BCUT2D eigenvalue weighted by molar-refractivity contribution is 0.103. The molecule has 0 unspecified atom stereocenters. The minimum atomic E-state index is -0.0718. The maximum Gasteiger partial charge on any atom is 0.198 e. The van der Waals surface area contributed by atoms with Crippen LogP contribution in [0.1, 0.15) is 15.9 Å². The van der Waals surface area contributed by atoms with Gasteiger partial charge in [-0.3, -0.25) is 4.79 Å². The molecular formula is C16H11Br2NO2. The first-order valence-electron chi connectivity index (χ1n) is 6.25. The lowest BCUT2D eigenvalue weighted by atomic mass is 10.0. The van der Waals surface area contributed by atoms with Crippen molar-refractivity contribution in [3.63, 3.8) is 0 Å². The molecule has 2 aromatic carbocycles. The number of benzene rings is 2. The minimum Gasteiger partial charge on any atom is -0.496 e. The maximum absolute atomic E-state index is 12.8. The molecule has 0 spiro atoms. The van der Waals surface area contributed by atoms with Crippen molar-refractivity contribution in [3.05, 3.63) is 62.7 Å².